The van der Waals surface area contributed by atoms with E-state index in [4.69, 9.17) is 11.6 Å². The maximum Gasteiger partial charge on any atom is 0.313 e. The van der Waals surface area contributed by atoms with Gasteiger partial charge in [0.25, 0.3) is 0 Å². The van der Waals surface area contributed by atoms with Gasteiger partial charge in [-0.05, 0) is 30.7 Å². The third-order valence-corrected chi connectivity index (χ3v) is 3.25. The Kier molecular flexibility index (Phi) is 5.12. The average molecular weight is 321 g/mol. The molecule has 0 unspecified atom stereocenters. The highest BCUT2D eigenvalue weighted by molar-refractivity contribution is 6.39. The predicted octanol–water partition coefficient (Wildman–Crippen LogP) is 3.04. The minimum Gasteiger partial charge on any atom is -0.344 e. The smallest absolute Gasteiger partial charge is 0.313 e. The van der Waals surface area contributed by atoms with Crippen LogP contribution in [0.2, 0.25) is 5.02 Å². The van der Waals surface area contributed by atoms with Crippen LogP contribution >= 0.6 is 11.6 Å². The second-order valence-corrected chi connectivity index (χ2v) is 5.16. The van der Waals surface area contributed by atoms with Gasteiger partial charge in [0.15, 0.2) is 0 Å². The molecular formula is C16H14ClFN2O2. The lowest BCUT2D eigenvalue weighted by Gasteiger charge is -2.07. The van der Waals surface area contributed by atoms with Crippen LogP contribution in [0.4, 0.5) is 10.1 Å². The Bertz CT molecular complexity index is 702. The summed E-state index contributed by atoms with van der Waals surface area (Å²) < 4.78 is 13.0. The molecule has 2 aromatic rings. The first-order valence-corrected chi connectivity index (χ1v) is 6.93. The fourth-order valence-corrected chi connectivity index (χ4v) is 1.91. The molecule has 2 rings (SSSR count). The van der Waals surface area contributed by atoms with Gasteiger partial charge in [0.1, 0.15) is 5.82 Å². The molecular weight excluding hydrogens is 307 g/mol. The summed E-state index contributed by atoms with van der Waals surface area (Å²) in [4.78, 5) is 23.4. The molecule has 0 atom stereocenters. The van der Waals surface area contributed by atoms with Crippen molar-refractivity contribution >= 4 is 29.1 Å². The minimum absolute atomic E-state index is 0.127. The molecule has 6 heteroatoms. The molecule has 0 fully saturated rings. The molecule has 0 bridgehead atoms. The zero-order valence-corrected chi connectivity index (χ0v) is 12.6. The Labute approximate surface area is 132 Å². The van der Waals surface area contributed by atoms with Crippen molar-refractivity contribution in [1.29, 1.82) is 0 Å². The van der Waals surface area contributed by atoms with Gasteiger partial charge in [0.05, 0.1) is 5.02 Å². The Morgan fingerprint density at radius 1 is 1.09 bits per heavy atom. The number of carbonyl (C=O) groups excluding carboxylic acids is 2. The number of anilines is 1. The van der Waals surface area contributed by atoms with Crippen LogP contribution in [0.25, 0.3) is 0 Å². The van der Waals surface area contributed by atoms with E-state index in [1.165, 1.54) is 12.1 Å². The molecule has 2 aromatic carbocycles. The fraction of sp³-hybridized carbons (Fsp3) is 0.125. The Balaban J connectivity index is 1.90. The standard InChI is InChI=1S/C16H14ClFN2O2/c1-10-2-4-11(5-3-10)9-19-15(21)16(22)20-12-6-7-14(18)13(17)8-12/h2-8H,9H2,1H3,(H,19,21)(H,20,22). The van der Waals surface area contributed by atoms with Crippen molar-refractivity contribution in [1.82, 2.24) is 5.32 Å². The molecule has 0 aromatic heterocycles. The number of rotatable bonds is 3. The molecule has 2 amide bonds. The number of nitrogens with one attached hydrogen (secondary N) is 2. The summed E-state index contributed by atoms with van der Waals surface area (Å²) in [7, 11) is 0. The fourth-order valence-electron chi connectivity index (χ4n) is 1.73. The Morgan fingerprint density at radius 3 is 2.41 bits per heavy atom. The van der Waals surface area contributed by atoms with Gasteiger partial charge in [-0.3, -0.25) is 9.59 Å². The van der Waals surface area contributed by atoms with E-state index in [2.05, 4.69) is 10.6 Å². The highest BCUT2D eigenvalue weighted by Gasteiger charge is 2.14. The molecule has 4 nitrogen and oxygen atoms in total. The monoisotopic (exact) mass is 320 g/mol. The summed E-state index contributed by atoms with van der Waals surface area (Å²) in [5.74, 6) is -2.21. The van der Waals surface area contributed by atoms with Crippen molar-refractivity contribution in [2.75, 3.05) is 5.32 Å². The Hall–Kier alpha value is -2.40. The molecule has 0 aliphatic rings. The quantitative estimate of drug-likeness (QED) is 0.854. The number of aryl methyl sites for hydroxylation is 1. The van der Waals surface area contributed by atoms with Gasteiger partial charge in [-0.15, -0.1) is 0 Å². The maximum absolute atomic E-state index is 13.0. The molecule has 0 saturated heterocycles. The van der Waals surface area contributed by atoms with Crippen LogP contribution in [-0.4, -0.2) is 11.8 Å². The van der Waals surface area contributed by atoms with Crippen LogP contribution in [0.3, 0.4) is 0 Å². The number of hydrogen-bond acceptors (Lipinski definition) is 2. The third kappa shape index (κ3) is 4.30. The van der Waals surface area contributed by atoms with Crippen LogP contribution < -0.4 is 10.6 Å². The number of halogens is 2. The second kappa shape index (κ2) is 7.04. The summed E-state index contributed by atoms with van der Waals surface area (Å²) in [5.41, 5.74) is 2.25. The SMILES string of the molecule is Cc1ccc(CNC(=O)C(=O)Nc2ccc(F)c(Cl)c2)cc1. The van der Waals surface area contributed by atoms with Crippen molar-refractivity contribution in [2.24, 2.45) is 0 Å². The van der Waals surface area contributed by atoms with E-state index in [1.54, 1.807) is 0 Å². The number of amides is 2. The van der Waals surface area contributed by atoms with Gasteiger partial charge in [0.2, 0.25) is 0 Å². The molecule has 0 radical (unpaired) electrons. The summed E-state index contributed by atoms with van der Waals surface area (Å²) in [6.45, 7) is 2.21. The number of carbonyl (C=O) groups is 2. The van der Waals surface area contributed by atoms with Crippen LogP contribution in [0.1, 0.15) is 11.1 Å². The van der Waals surface area contributed by atoms with E-state index < -0.39 is 17.6 Å². The molecule has 0 heterocycles. The van der Waals surface area contributed by atoms with E-state index in [0.717, 1.165) is 17.2 Å². The van der Waals surface area contributed by atoms with E-state index >= 15 is 0 Å². The summed E-state index contributed by atoms with van der Waals surface area (Å²) >= 11 is 5.60. The molecule has 0 aliphatic carbocycles. The average Bonchev–Trinajstić information content (AvgIpc) is 2.50. The number of hydrogen-bond donors (Lipinski definition) is 2. The van der Waals surface area contributed by atoms with Gasteiger partial charge in [-0.25, -0.2) is 4.39 Å². The first kappa shape index (κ1) is 16.0. The highest BCUT2D eigenvalue weighted by atomic mass is 35.5. The highest BCUT2D eigenvalue weighted by Crippen LogP contribution is 2.19. The van der Waals surface area contributed by atoms with E-state index in [1.807, 2.05) is 31.2 Å². The lowest BCUT2D eigenvalue weighted by molar-refractivity contribution is -0.136. The van der Waals surface area contributed by atoms with Crippen LogP contribution in [0, 0.1) is 12.7 Å². The first-order chi connectivity index (χ1) is 10.5. The van der Waals surface area contributed by atoms with Crippen molar-refractivity contribution in [2.45, 2.75) is 13.5 Å². The van der Waals surface area contributed by atoms with Crippen molar-refractivity contribution in [3.05, 3.63) is 64.4 Å². The minimum atomic E-state index is -0.838. The zero-order chi connectivity index (χ0) is 16.1. The van der Waals surface area contributed by atoms with Crippen molar-refractivity contribution in [3.63, 3.8) is 0 Å². The van der Waals surface area contributed by atoms with Crippen LogP contribution in [0.5, 0.6) is 0 Å². The topological polar surface area (TPSA) is 58.2 Å². The molecule has 114 valence electrons. The number of benzene rings is 2. The normalized spacial score (nSPS) is 10.1. The lowest BCUT2D eigenvalue weighted by atomic mass is 10.1. The predicted molar refractivity (Wildman–Crippen MR) is 83.1 cm³/mol. The van der Waals surface area contributed by atoms with Crippen LogP contribution in [0.15, 0.2) is 42.5 Å². The second-order valence-electron chi connectivity index (χ2n) is 4.75. The molecule has 0 spiro atoms. The summed E-state index contributed by atoms with van der Waals surface area (Å²) in [6.07, 6.45) is 0. The molecule has 22 heavy (non-hydrogen) atoms. The van der Waals surface area contributed by atoms with Gasteiger partial charge < -0.3 is 10.6 Å². The van der Waals surface area contributed by atoms with E-state index in [-0.39, 0.29) is 17.3 Å². The van der Waals surface area contributed by atoms with Crippen molar-refractivity contribution in [3.8, 4) is 0 Å². The van der Waals surface area contributed by atoms with E-state index in [0.29, 0.717) is 0 Å². The molecule has 0 saturated carbocycles. The van der Waals surface area contributed by atoms with Gasteiger partial charge >= 0.3 is 11.8 Å². The van der Waals surface area contributed by atoms with Gasteiger partial charge in [-0.1, -0.05) is 41.4 Å². The van der Waals surface area contributed by atoms with E-state index in [9.17, 15) is 14.0 Å². The van der Waals surface area contributed by atoms with Gasteiger partial charge in [0, 0.05) is 12.2 Å². The van der Waals surface area contributed by atoms with Crippen molar-refractivity contribution < 1.29 is 14.0 Å². The molecule has 0 aliphatic heterocycles. The van der Waals surface area contributed by atoms with Crippen LogP contribution in [-0.2, 0) is 16.1 Å². The summed E-state index contributed by atoms with van der Waals surface area (Å²) in [6, 6.07) is 11.3. The molecule has 2 N–H and O–H groups in total. The van der Waals surface area contributed by atoms with Gasteiger partial charge in [-0.2, -0.15) is 0 Å². The largest absolute Gasteiger partial charge is 0.344 e. The Morgan fingerprint density at radius 2 is 1.77 bits per heavy atom. The zero-order valence-electron chi connectivity index (χ0n) is 11.8. The maximum atomic E-state index is 13.0. The lowest BCUT2D eigenvalue weighted by Crippen LogP contribution is -2.34. The summed E-state index contributed by atoms with van der Waals surface area (Å²) in [5, 5.41) is 4.73. The third-order valence-electron chi connectivity index (χ3n) is 2.96. The first-order valence-electron chi connectivity index (χ1n) is 6.55.